The van der Waals surface area contributed by atoms with Crippen molar-refractivity contribution in [3.8, 4) is 0 Å². The van der Waals surface area contributed by atoms with Gasteiger partial charge in [0.2, 0.25) is 30.0 Å². The number of benzene rings is 1. The lowest BCUT2D eigenvalue weighted by Crippen LogP contribution is -2.54. The second-order valence-corrected chi connectivity index (χ2v) is 14.3. The summed E-state index contributed by atoms with van der Waals surface area (Å²) in [6, 6.07) is 8.82. The number of carbonyl (C=O) groups is 6. The van der Waals surface area contributed by atoms with Crippen LogP contribution in [0.1, 0.15) is 120 Å². The van der Waals surface area contributed by atoms with E-state index in [9.17, 15) is 28.8 Å². The van der Waals surface area contributed by atoms with Crippen LogP contribution in [-0.4, -0.2) is 84.9 Å². The second kappa shape index (κ2) is 31.5. The molecule has 5 atom stereocenters. The zero-order valence-electron chi connectivity index (χ0n) is 34.2. The minimum atomic E-state index is -0.982. The second-order valence-electron chi connectivity index (χ2n) is 14.3. The summed E-state index contributed by atoms with van der Waals surface area (Å²) in [7, 11) is 0. The van der Waals surface area contributed by atoms with Crippen LogP contribution in [0.2, 0.25) is 0 Å². The highest BCUT2D eigenvalue weighted by molar-refractivity contribution is 5.90. The molecular weight excluding hydrogens is 676 g/mol. The highest BCUT2D eigenvalue weighted by atomic mass is 16.4. The first kappa shape index (κ1) is 51.1. The van der Waals surface area contributed by atoms with Crippen molar-refractivity contribution >= 4 is 36.0 Å². The largest absolute Gasteiger partial charge is 0.481 e. The molecule has 5 amide bonds. The maximum atomic E-state index is 12.8. The van der Waals surface area contributed by atoms with E-state index in [1.807, 2.05) is 66.7 Å². The summed E-state index contributed by atoms with van der Waals surface area (Å²) in [5, 5.41) is 25.7. The smallest absolute Gasteiger partial charge is 0.303 e. The van der Waals surface area contributed by atoms with Gasteiger partial charge in [-0.2, -0.15) is 0 Å². The molecule has 0 bridgehead atoms. The van der Waals surface area contributed by atoms with Crippen LogP contribution in [-0.2, 0) is 35.2 Å². The molecule has 0 aliphatic heterocycles. The fourth-order valence-electron chi connectivity index (χ4n) is 4.69. The highest BCUT2D eigenvalue weighted by Gasteiger charge is 2.27. The van der Waals surface area contributed by atoms with Crippen molar-refractivity contribution in [2.45, 2.75) is 145 Å². The van der Waals surface area contributed by atoms with Crippen molar-refractivity contribution in [1.29, 1.82) is 0 Å². The van der Waals surface area contributed by atoms with Gasteiger partial charge in [0.1, 0.15) is 6.04 Å². The highest BCUT2D eigenvalue weighted by Crippen LogP contribution is 2.10. The minimum absolute atomic E-state index is 0.00368. The number of carboxylic acids is 1. The molecular formula is C40H72N6O7. The summed E-state index contributed by atoms with van der Waals surface area (Å²) < 4.78 is 0. The van der Waals surface area contributed by atoms with Crippen LogP contribution in [0.25, 0.3) is 0 Å². The number of aliphatic carboxylic acids is 1. The maximum absolute atomic E-state index is 12.8. The van der Waals surface area contributed by atoms with Crippen molar-refractivity contribution < 1.29 is 33.9 Å². The third-order valence-corrected chi connectivity index (χ3v) is 8.30. The molecule has 0 spiro atoms. The SMILES string of the molecule is CCC.CC[C@H](C)C(NC(=O)CCCC(=O)O)C(=O)NCC(=O)NC(CN[C@@H](C)C(=O)NC(C)C(C)C)CC(C)C.O=CNCCCc1ccccc1. The van der Waals surface area contributed by atoms with Gasteiger partial charge in [-0.05, 0) is 62.8 Å². The number of amides is 5. The number of nitrogens with one attached hydrogen (secondary N) is 6. The van der Waals surface area contributed by atoms with Crippen molar-refractivity contribution in [2.24, 2.45) is 17.8 Å². The molecule has 3 unspecified atom stereocenters. The molecule has 0 fully saturated rings. The fraction of sp³-hybridized carbons (Fsp3) is 0.700. The van der Waals surface area contributed by atoms with E-state index < -0.39 is 29.9 Å². The first-order chi connectivity index (χ1) is 25.0. The first-order valence-corrected chi connectivity index (χ1v) is 19.3. The standard InChI is InChI=1S/C27H51N5O6.C10H13NO.C3H8/c1-9-18(6)25(32-22(33)11-10-12-24(35)36)27(38)29-15-23(34)31-21(13-16(2)3)14-28-20(8)26(37)30-19(7)17(4)5;12-9-11-8-4-7-10-5-2-1-3-6-10;1-3-2/h16-21,25,28H,9-15H2,1-8H3,(H,29,38)(H,30,37)(H,31,34)(H,32,33)(H,35,36);1-3,5-6,9H,4,7-8H2,(H,11,12);3H2,1-2H3/t18-,19?,20-,21?,25?;;/m0../s1. The summed E-state index contributed by atoms with van der Waals surface area (Å²) in [4.78, 5) is 70.7. The molecule has 13 nitrogen and oxygen atoms in total. The summed E-state index contributed by atoms with van der Waals surface area (Å²) in [6.45, 7) is 20.8. The van der Waals surface area contributed by atoms with E-state index in [4.69, 9.17) is 5.11 Å². The van der Waals surface area contributed by atoms with Gasteiger partial charge in [-0.3, -0.25) is 28.8 Å². The predicted molar refractivity (Wildman–Crippen MR) is 212 cm³/mol. The fourth-order valence-corrected chi connectivity index (χ4v) is 4.69. The van der Waals surface area contributed by atoms with Gasteiger partial charge in [0.05, 0.1) is 12.6 Å². The van der Waals surface area contributed by atoms with E-state index >= 15 is 0 Å². The molecule has 0 aliphatic carbocycles. The van der Waals surface area contributed by atoms with Crippen LogP contribution in [0.3, 0.4) is 0 Å². The molecule has 13 heteroatoms. The van der Waals surface area contributed by atoms with Crippen molar-refractivity contribution in [1.82, 2.24) is 31.9 Å². The lowest BCUT2D eigenvalue weighted by molar-refractivity contribution is -0.137. The Morgan fingerprint density at radius 1 is 0.792 bits per heavy atom. The predicted octanol–water partition coefficient (Wildman–Crippen LogP) is 4.34. The molecule has 1 rings (SSSR count). The Labute approximate surface area is 319 Å². The van der Waals surface area contributed by atoms with Crippen molar-refractivity contribution in [3.05, 3.63) is 35.9 Å². The Bertz CT molecular complexity index is 1170. The maximum Gasteiger partial charge on any atom is 0.303 e. The van der Waals surface area contributed by atoms with Crippen LogP contribution < -0.4 is 31.9 Å². The number of carboxylic acid groups (broad SMARTS) is 1. The third-order valence-electron chi connectivity index (χ3n) is 8.30. The number of hydrogen-bond donors (Lipinski definition) is 7. The number of aryl methyl sites for hydroxylation is 1. The van der Waals surface area contributed by atoms with Gasteiger partial charge in [-0.1, -0.05) is 98.6 Å². The molecule has 0 radical (unpaired) electrons. The Hall–Kier alpha value is -4.00. The summed E-state index contributed by atoms with van der Waals surface area (Å²) in [5.74, 6) is -1.88. The quantitative estimate of drug-likeness (QED) is 0.0599. The van der Waals surface area contributed by atoms with E-state index in [1.165, 1.54) is 12.0 Å². The normalized spacial score (nSPS) is 13.4. The zero-order valence-corrected chi connectivity index (χ0v) is 34.2. The molecule has 0 heterocycles. The van der Waals surface area contributed by atoms with Crippen LogP contribution in [0.5, 0.6) is 0 Å². The monoisotopic (exact) mass is 749 g/mol. The number of carbonyl (C=O) groups excluding carboxylic acids is 5. The van der Waals surface area contributed by atoms with Gasteiger partial charge in [0, 0.05) is 38.0 Å². The third kappa shape index (κ3) is 28.2. The molecule has 0 aromatic heterocycles. The molecule has 1 aromatic carbocycles. The van der Waals surface area contributed by atoms with Crippen LogP contribution in [0.4, 0.5) is 0 Å². The van der Waals surface area contributed by atoms with Crippen molar-refractivity contribution in [3.63, 3.8) is 0 Å². The lowest BCUT2D eigenvalue weighted by atomic mass is 9.98. The zero-order chi connectivity index (χ0) is 40.8. The molecule has 0 aliphatic rings. The minimum Gasteiger partial charge on any atom is -0.481 e. The topological polar surface area (TPSA) is 195 Å². The Morgan fingerprint density at radius 2 is 1.42 bits per heavy atom. The molecule has 0 saturated carbocycles. The number of hydrogen-bond acceptors (Lipinski definition) is 7. The molecule has 0 saturated heterocycles. The average molecular weight is 749 g/mol. The van der Waals surface area contributed by atoms with Crippen molar-refractivity contribution in [2.75, 3.05) is 19.6 Å². The van der Waals surface area contributed by atoms with Gasteiger partial charge in [0.15, 0.2) is 0 Å². The Balaban J connectivity index is 0. The van der Waals surface area contributed by atoms with Gasteiger partial charge in [-0.15, -0.1) is 0 Å². The van der Waals surface area contributed by atoms with Gasteiger partial charge >= 0.3 is 5.97 Å². The van der Waals surface area contributed by atoms with Crippen LogP contribution >= 0.6 is 0 Å². The summed E-state index contributed by atoms with van der Waals surface area (Å²) in [6.07, 6.45) is 5.40. The molecule has 1 aromatic rings. The summed E-state index contributed by atoms with van der Waals surface area (Å²) >= 11 is 0. The van der Waals surface area contributed by atoms with Gasteiger partial charge in [0.25, 0.3) is 0 Å². The van der Waals surface area contributed by atoms with E-state index in [0.29, 0.717) is 31.2 Å². The average Bonchev–Trinajstić information content (AvgIpc) is 3.10. The molecule has 7 N–H and O–H groups in total. The van der Waals surface area contributed by atoms with E-state index in [1.54, 1.807) is 6.92 Å². The van der Waals surface area contributed by atoms with Gasteiger partial charge < -0.3 is 37.0 Å². The first-order valence-electron chi connectivity index (χ1n) is 19.3. The lowest BCUT2D eigenvalue weighted by Gasteiger charge is -2.26. The van der Waals surface area contributed by atoms with Gasteiger partial charge in [-0.25, -0.2) is 0 Å². The van der Waals surface area contributed by atoms with E-state index in [0.717, 1.165) is 25.8 Å². The van der Waals surface area contributed by atoms with E-state index in [2.05, 4.69) is 57.9 Å². The van der Waals surface area contributed by atoms with E-state index in [-0.39, 0.29) is 55.6 Å². The Kier molecular flexibility index (Phi) is 30.4. The number of rotatable bonds is 24. The summed E-state index contributed by atoms with van der Waals surface area (Å²) in [5.41, 5.74) is 1.32. The van der Waals surface area contributed by atoms with Crippen LogP contribution in [0, 0.1) is 17.8 Å². The Morgan fingerprint density at radius 3 is 1.94 bits per heavy atom. The van der Waals surface area contributed by atoms with Crippen LogP contribution in [0.15, 0.2) is 30.3 Å². The molecule has 53 heavy (non-hydrogen) atoms. The molecule has 304 valence electrons.